The molecular weight excluding hydrogens is 226 g/mol. The van der Waals surface area contributed by atoms with Gasteiger partial charge in [-0.05, 0) is 37.3 Å². The Morgan fingerprint density at radius 1 is 1.28 bits per heavy atom. The highest BCUT2D eigenvalue weighted by Crippen LogP contribution is 2.30. The van der Waals surface area contributed by atoms with Gasteiger partial charge < -0.3 is 15.1 Å². The standard InChI is InChI=1S/C14H27N3O/c1-14(2,3)12-10-17(13(18)16(12)4)9-11-5-7-15-8-6-11/h11-12,15H,5-10H2,1-4H3. The van der Waals surface area contributed by atoms with Gasteiger partial charge in [0.15, 0.2) is 0 Å². The Kier molecular flexibility index (Phi) is 3.85. The summed E-state index contributed by atoms with van der Waals surface area (Å²) < 4.78 is 0. The number of carbonyl (C=O) groups excluding carboxylic acids is 1. The van der Waals surface area contributed by atoms with Crippen molar-refractivity contribution in [2.45, 2.75) is 39.7 Å². The molecule has 0 aromatic rings. The van der Waals surface area contributed by atoms with Gasteiger partial charge in [-0.1, -0.05) is 20.8 Å². The summed E-state index contributed by atoms with van der Waals surface area (Å²) in [4.78, 5) is 16.3. The lowest BCUT2D eigenvalue weighted by Crippen LogP contribution is -2.39. The number of hydrogen-bond acceptors (Lipinski definition) is 2. The van der Waals surface area contributed by atoms with E-state index in [1.165, 1.54) is 12.8 Å². The predicted octanol–water partition coefficient (Wildman–Crippen LogP) is 1.77. The van der Waals surface area contributed by atoms with Crippen molar-refractivity contribution < 1.29 is 4.79 Å². The van der Waals surface area contributed by atoms with Crippen molar-refractivity contribution in [3.63, 3.8) is 0 Å². The van der Waals surface area contributed by atoms with Crippen molar-refractivity contribution in [2.24, 2.45) is 11.3 Å². The van der Waals surface area contributed by atoms with Crippen LogP contribution in [0.5, 0.6) is 0 Å². The summed E-state index contributed by atoms with van der Waals surface area (Å²) in [5, 5.41) is 3.38. The number of amides is 2. The number of piperidine rings is 1. The van der Waals surface area contributed by atoms with Crippen LogP contribution in [-0.2, 0) is 0 Å². The van der Waals surface area contributed by atoms with E-state index in [4.69, 9.17) is 0 Å². The molecule has 18 heavy (non-hydrogen) atoms. The lowest BCUT2D eigenvalue weighted by molar-refractivity contribution is 0.171. The SMILES string of the molecule is CN1C(=O)N(CC2CCNCC2)CC1C(C)(C)C. The van der Waals surface area contributed by atoms with Gasteiger partial charge in [0.1, 0.15) is 0 Å². The third-order valence-electron chi connectivity index (χ3n) is 4.37. The summed E-state index contributed by atoms with van der Waals surface area (Å²) in [5.41, 5.74) is 0.160. The molecule has 104 valence electrons. The minimum atomic E-state index is 0.160. The van der Waals surface area contributed by atoms with E-state index in [-0.39, 0.29) is 11.4 Å². The molecule has 2 saturated heterocycles. The number of urea groups is 1. The molecular formula is C14H27N3O. The molecule has 2 aliphatic rings. The Hall–Kier alpha value is -0.770. The van der Waals surface area contributed by atoms with Crippen molar-refractivity contribution in [3.05, 3.63) is 0 Å². The third kappa shape index (κ3) is 2.79. The quantitative estimate of drug-likeness (QED) is 0.814. The Balaban J connectivity index is 1.96. The maximum atomic E-state index is 12.3. The van der Waals surface area contributed by atoms with E-state index in [1.807, 2.05) is 11.9 Å². The molecule has 0 aliphatic carbocycles. The molecule has 4 heteroatoms. The predicted molar refractivity (Wildman–Crippen MR) is 73.6 cm³/mol. The van der Waals surface area contributed by atoms with Crippen LogP contribution < -0.4 is 5.32 Å². The summed E-state index contributed by atoms with van der Waals surface area (Å²) in [7, 11) is 1.95. The van der Waals surface area contributed by atoms with Gasteiger partial charge in [-0.2, -0.15) is 0 Å². The van der Waals surface area contributed by atoms with Crippen molar-refractivity contribution in [3.8, 4) is 0 Å². The first-order valence-electron chi connectivity index (χ1n) is 7.12. The van der Waals surface area contributed by atoms with Gasteiger partial charge in [0.05, 0.1) is 6.04 Å². The Morgan fingerprint density at radius 3 is 2.39 bits per heavy atom. The molecule has 0 aromatic heterocycles. The highest BCUT2D eigenvalue weighted by Gasteiger charge is 2.41. The van der Waals surface area contributed by atoms with Crippen LogP contribution in [0, 0.1) is 11.3 Å². The zero-order valence-corrected chi connectivity index (χ0v) is 12.2. The summed E-state index contributed by atoms with van der Waals surface area (Å²) in [6.45, 7) is 10.7. The molecule has 1 atom stereocenters. The second kappa shape index (κ2) is 5.08. The number of hydrogen-bond donors (Lipinski definition) is 1. The second-order valence-corrected chi connectivity index (χ2v) is 6.87. The van der Waals surface area contributed by atoms with Gasteiger partial charge in [-0.25, -0.2) is 4.79 Å². The van der Waals surface area contributed by atoms with Crippen molar-refractivity contribution in [2.75, 3.05) is 33.2 Å². The lowest BCUT2D eigenvalue weighted by Gasteiger charge is -2.31. The smallest absolute Gasteiger partial charge is 0.320 e. The first-order valence-corrected chi connectivity index (χ1v) is 7.12. The topological polar surface area (TPSA) is 35.6 Å². The van der Waals surface area contributed by atoms with Crippen LogP contribution in [0.15, 0.2) is 0 Å². The fraction of sp³-hybridized carbons (Fsp3) is 0.929. The van der Waals surface area contributed by atoms with Crippen molar-refractivity contribution >= 4 is 6.03 Å². The molecule has 2 heterocycles. The highest BCUT2D eigenvalue weighted by atomic mass is 16.2. The summed E-state index contributed by atoms with van der Waals surface area (Å²) in [6, 6.07) is 0.556. The van der Waals surface area contributed by atoms with E-state index in [1.54, 1.807) is 0 Å². The maximum Gasteiger partial charge on any atom is 0.320 e. The van der Waals surface area contributed by atoms with Gasteiger partial charge >= 0.3 is 6.03 Å². The zero-order valence-electron chi connectivity index (χ0n) is 12.2. The van der Waals surface area contributed by atoms with Gasteiger partial charge in [-0.3, -0.25) is 0 Å². The van der Waals surface area contributed by atoms with Gasteiger partial charge in [0.2, 0.25) is 0 Å². The molecule has 0 saturated carbocycles. The van der Waals surface area contributed by atoms with Crippen LogP contribution in [0.2, 0.25) is 0 Å². The molecule has 2 rings (SSSR count). The number of likely N-dealkylation sites (N-methyl/N-ethyl adjacent to an activating group) is 1. The van der Waals surface area contributed by atoms with E-state index < -0.39 is 0 Å². The molecule has 2 fully saturated rings. The monoisotopic (exact) mass is 253 g/mol. The third-order valence-corrected chi connectivity index (χ3v) is 4.37. The van der Waals surface area contributed by atoms with Crippen molar-refractivity contribution in [1.29, 1.82) is 0 Å². The molecule has 2 aliphatic heterocycles. The fourth-order valence-electron chi connectivity index (χ4n) is 3.15. The number of nitrogens with zero attached hydrogens (tertiary/aromatic N) is 2. The molecule has 4 nitrogen and oxygen atoms in total. The van der Waals surface area contributed by atoms with Crippen LogP contribution in [0.1, 0.15) is 33.6 Å². The van der Waals surface area contributed by atoms with Crippen LogP contribution in [0.25, 0.3) is 0 Å². The Morgan fingerprint density at radius 2 is 1.89 bits per heavy atom. The Labute approximate surface area is 111 Å². The van der Waals surface area contributed by atoms with Crippen LogP contribution in [0.4, 0.5) is 4.79 Å². The van der Waals surface area contributed by atoms with Gasteiger partial charge in [-0.15, -0.1) is 0 Å². The molecule has 0 radical (unpaired) electrons. The van der Waals surface area contributed by atoms with Crippen LogP contribution >= 0.6 is 0 Å². The molecule has 0 bridgehead atoms. The normalized spacial score (nSPS) is 27.1. The molecule has 1 N–H and O–H groups in total. The summed E-state index contributed by atoms with van der Waals surface area (Å²) in [6.07, 6.45) is 2.40. The van der Waals surface area contributed by atoms with E-state index in [9.17, 15) is 4.79 Å². The Bertz CT molecular complexity index is 305. The van der Waals surface area contributed by atoms with Crippen molar-refractivity contribution in [1.82, 2.24) is 15.1 Å². The molecule has 0 aromatic carbocycles. The summed E-state index contributed by atoms with van der Waals surface area (Å²) >= 11 is 0. The number of rotatable bonds is 2. The van der Waals surface area contributed by atoms with Crippen LogP contribution in [0.3, 0.4) is 0 Å². The average molecular weight is 253 g/mol. The summed E-state index contributed by atoms with van der Waals surface area (Å²) in [5.74, 6) is 0.683. The van der Waals surface area contributed by atoms with Crippen LogP contribution in [-0.4, -0.2) is 55.1 Å². The van der Waals surface area contributed by atoms with Gasteiger partial charge in [0.25, 0.3) is 0 Å². The molecule has 1 unspecified atom stereocenters. The highest BCUT2D eigenvalue weighted by molar-refractivity contribution is 5.77. The minimum Gasteiger partial charge on any atom is -0.322 e. The van der Waals surface area contributed by atoms with E-state index in [0.29, 0.717) is 12.0 Å². The lowest BCUT2D eigenvalue weighted by atomic mass is 9.86. The first kappa shape index (κ1) is 13.7. The number of carbonyl (C=O) groups is 1. The number of nitrogens with one attached hydrogen (secondary N) is 1. The first-order chi connectivity index (χ1) is 8.39. The largest absolute Gasteiger partial charge is 0.322 e. The molecule has 0 spiro atoms. The van der Waals surface area contributed by atoms with E-state index >= 15 is 0 Å². The molecule has 2 amide bonds. The minimum absolute atomic E-state index is 0.160. The zero-order chi connectivity index (χ0) is 13.3. The van der Waals surface area contributed by atoms with E-state index in [2.05, 4.69) is 31.0 Å². The second-order valence-electron chi connectivity index (χ2n) is 6.87. The van der Waals surface area contributed by atoms with Gasteiger partial charge in [0, 0.05) is 20.1 Å². The van der Waals surface area contributed by atoms with E-state index in [0.717, 1.165) is 26.2 Å². The average Bonchev–Trinajstić information content (AvgIpc) is 2.58. The fourth-order valence-corrected chi connectivity index (χ4v) is 3.15. The maximum absolute atomic E-state index is 12.3.